The lowest BCUT2D eigenvalue weighted by atomic mass is 9.60. The van der Waals surface area contributed by atoms with E-state index in [4.69, 9.17) is 0 Å². The summed E-state index contributed by atoms with van der Waals surface area (Å²) in [5.74, 6) is 0.222. The Labute approximate surface area is 246 Å². The SMILES string of the molecule is C=C1/C(=C\C=C2/CCC[C@]3(C)[C@@H]([C@H](C)C(CC(O)C(C)(C)O)S(=O)(=O)c4ccc(C)cc4)CC[C@@H]23)C[C@@H](O)C[C@@H]1O. The summed E-state index contributed by atoms with van der Waals surface area (Å²) in [5.41, 5.74) is 2.39. The van der Waals surface area contributed by atoms with E-state index >= 15 is 0 Å². The Morgan fingerprint density at radius 2 is 1.80 bits per heavy atom. The van der Waals surface area contributed by atoms with Gasteiger partial charge >= 0.3 is 0 Å². The highest BCUT2D eigenvalue weighted by atomic mass is 32.2. The number of hydrogen-bond acceptors (Lipinski definition) is 6. The standard InChI is InChI=1S/C34H50O6S/c1-21-9-13-27(14-10-21)41(39,40)31(20-32(37)33(4,5)38)23(3)28-15-16-29-24(8-7-17-34(28,29)6)11-12-25-18-26(35)19-30(36)22(25)2/h9-14,23,26,28-32,35-38H,2,7-8,15-20H2,1,3-6H3/b24-11+,25-12-/t23-,26+,28+,29-,30-,31?,32?,34+/m0/s1. The smallest absolute Gasteiger partial charge is 0.181 e. The van der Waals surface area contributed by atoms with Crippen LogP contribution in [0.2, 0.25) is 0 Å². The average molecular weight is 587 g/mol. The number of aliphatic hydroxyl groups excluding tert-OH is 3. The fourth-order valence-corrected chi connectivity index (χ4v) is 9.96. The van der Waals surface area contributed by atoms with Crippen LogP contribution in [0.15, 0.2) is 64.6 Å². The number of allylic oxidation sites excluding steroid dienone is 3. The molecule has 0 bridgehead atoms. The maximum absolute atomic E-state index is 14.1. The van der Waals surface area contributed by atoms with Crippen molar-refractivity contribution < 1.29 is 28.8 Å². The second kappa shape index (κ2) is 12.1. The van der Waals surface area contributed by atoms with Gasteiger partial charge in [0.25, 0.3) is 0 Å². The molecule has 1 aromatic carbocycles. The summed E-state index contributed by atoms with van der Waals surface area (Å²) >= 11 is 0. The van der Waals surface area contributed by atoms with E-state index in [1.807, 2.05) is 19.9 Å². The fourth-order valence-electron chi connectivity index (χ4n) is 7.90. The molecule has 0 saturated heterocycles. The number of fused-ring (bicyclic) bond motifs is 1. The molecule has 3 fully saturated rings. The maximum Gasteiger partial charge on any atom is 0.181 e. The van der Waals surface area contributed by atoms with E-state index in [2.05, 4.69) is 19.6 Å². The van der Waals surface area contributed by atoms with Gasteiger partial charge in [-0.15, -0.1) is 0 Å². The van der Waals surface area contributed by atoms with Gasteiger partial charge in [-0.25, -0.2) is 8.42 Å². The predicted octanol–water partition coefficient (Wildman–Crippen LogP) is 5.44. The van der Waals surface area contributed by atoms with Gasteiger partial charge in [0.15, 0.2) is 9.84 Å². The van der Waals surface area contributed by atoms with Crippen molar-refractivity contribution in [2.45, 2.75) is 120 Å². The number of benzene rings is 1. The zero-order valence-electron chi connectivity index (χ0n) is 25.4. The Bertz CT molecular complexity index is 1270. The lowest BCUT2D eigenvalue weighted by molar-refractivity contribution is -0.0547. The molecule has 0 aromatic heterocycles. The van der Waals surface area contributed by atoms with Gasteiger partial charge in [0.1, 0.15) is 0 Å². The van der Waals surface area contributed by atoms with Crippen molar-refractivity contribution in [2.75, 3.05) is 0 Å². The minimum atomic E-state index is -3.78. The Hall–Kier alpha value is -1.77. The number of aliphatic hydroxyl groups is 4. The largest absolute Gasteiger partial charge is 0.393 e. The molecule has 1 aromatic rings. The number of hydrogen-bond donors (Lipinski definition) is 4. The summed E-state index contributed by atoms with van der Waals surface area (Å²) in [5, 5.41) is 41.1. The quantitative estimate of drug-likeness (QED) is 0.323. The molecule has 6 nitrogen and oxygen atoms in total. The normalized spacial score (nSPS) is 33.5. The number of aryl methyl sites for hydroxylation is 1. The molecule has 0 spiro atoms. The molecule has 8 atom stereocenters. The lowest BCUT2D eigenvalue weighted by Crippen LogP contribution is -2.46. The zero-order chi connectivity index (χ0) is 30.3. The van der Waals surface area contributed by atoms with Gasteiger partial charge in [-0.05, 0) is 112 Å². The third-order valence-electron chi connectivity index (χ3n) is 10.5. The molecule has 4 N–H and O–H groups in total. The lowest BCUT2D eigenvalue weighted by Gasteiger charge is -2.46. The van der Waals surface area contributed by atoms with E-state index in [0.29, 0.717) is 24.3 Å². The molecule has 3 saturated carbocycles. The molecule has 41 heavy (non-hydrogen) atoms. The molecule has 0 radical (unpaired) electrons. The number of sulfone groups is 1. The van der Waals surface area contributed by atoms with E-state index in [-0.39, 0.29) is 28.6 Å². The summed E-state index contributed by atoms with van der Waals surface area (Å²) in [6.45, 7) is 13.4. The van der Waals surface area contributed by atoms with Crippen molar-refractivity contribution in [3.8, 4) is 0 Å². The molecular formula is C34H50O6S. The van der Waals surface area contributed by atoms with Gasteiger partial charge in [-0.3, -0.25) is 0 Å². The molecule has 0 heterocycles. The van der Waals surface area contributed by atoms with Gasteiger partial charge in [0.05, 0.1) is 34.1 Å². The molecule has 4 rings (SSSR count). The van der Waals surface area contributed by atoms with Crippen LogP contribution in [-0.2, 0) is 9.84 Å². The van der Waals surface area contributed by atoms with Crippen LogP contribution in [0.5, 0.6) is 0 Å². The van der Waals surface area contributed by atoms with Gasteiger partial charge in [-0.1, -0.05) is 55.8 Å². The number of rotatable bonds is 8. The third-order valence-corrected chi connectivity index (χ3v) is 12.9. The van der Waals surface area contributed by atoms with E-state index in [1.54, 1.807) is 24.3 Å². The second-order valence-corrected chi connectivity index (χ2v) is 16.0. The molecule has 0 aliphatic heterocycles. The van der Waals surface area contributed by atoms with Crippen LogP contribution in [-0.4, -0.2) is 58.0 Å². The molecule has 228 valence electrons. The highest BCUT2D eigenvalue weighted by Gasteiger charge is 2.53. The van der Waals surface area contributed by atoms with E-state index in [9.17, 15) is 28.8 Å². The van der Waals surface area contributed by atoms with Crippen LogP contribution in [0.25, 0.3) is 0 Å². The summed E-state index contributed by atoms with van der Waals surface area (Å²) in [6.07, 6.45) is 7.38. The van der Waals surface area contributed by atoms with Crippen molar-refractivity contribution in [3.63, 3.8) is 0 Å². The maximum atomic E-state index is 14.1. The first-order chi connectivity index (χ1) is 19.1. The molecule has 3 aliphatic rings. The Morgan fingerprint density at radius 1 is 1.15 bits per heavy atom. The fraction of sp³-hybridized carbons (Fsp3) is 0.647. The minimum Gasteiger partial charge on any atom is -0.393 e. The predicted molar refractivity (Wildman–Crippen MR) is 163 cm³/mol. The highest BCUT2D eigenvalue weighted by Crippen LogP contribution is 2.60. The van der Waals surface area contributed by atoms with Gasteiger partial charge in [0.2, 0.25) is 0 Å². The average Bonchev–Trinajstić information content (AvgIpc) is 3.25. The van der Waals surface area contributed by atoms with Crippen molar-refractivity contribution in [3.05, 3.63) is 65.3 Å². The Kier molecular flexibility index (Phi) is 9.47. The second-order valence-electron chi connectivity index (χ2n) is 13.8. The van der Waals surface area contributed by atoms with Gasteiger partial charge in [-0.2, -0.15) is 0 Å². The molecular weight excluding hydrogens is 536 g/mol. The van der Waals surface area contributed by atoms with E-state index < -0.39 is 39.0 Å². The zero-order valence-corrected chi connectivity index (χ0v) is 26.2. The first-order valence-electron chi connectivity index (χ1n) is 15.2. The van der Waals surface area contributed by atoms with Gasteiger partial charge in [0, 0.05) is 6.42 Å². The van der Waals surface area contributed by atoms with Crippen LogP contribution in [0.1, 0.15) is 84.6 Å². The molecule has 0 amide bonds. The first kappa shape index (κ1) is 32.2. The molecule has 7 heteroatoms. The van der Waals surface area contributed by atoms with E-state index in [0.717, 1.165) is 43.2 Å². The van der Waals surface area contributed by atoms with Crippen molar-refractivity contribution in [2.24, 2.45) is 23.2 Å². The topological polar surface area (TPSA) is 115 Å². The highest BCUT2D eigenvalue weighted by molar-refractivity contribution is 7.92. The Morgan fingerprint density at radius 3 is 2.44 bits per heavy atom. The van der Waals surface area contributed by atoms with Crippen LogP contribution < -0.4 is 0 Å². The molecule has 2 unspecified atom stereocenters. The Balaban J connectivity index is 1.65. The van der Waals surface area contributed by atoms with Crippen LogP contribution in [0.4, 0.5) is 0 Å². The molecule has 3 aliphatic carbocycles. The van der Waals surface area contributed by atoms with Crippen LogP contribution >= 0.6 is 0 Å². The monoisotopic (exact) mass is 586 g/mol. The summed E-state index contributed by atoms with van der Waals surface area (Å²) in [7, 11) is -3.78. The summed E-state index contributed by atoms with van der Waals surface area (Å²) < 4.78 is 28.3. The van der Waals surface area contributed by atoms with Crippen molar-refractivity contribution >= 4 is 9.84 Å². The minimum absolute atomic E-state index is 0.0281. The van der Waals surface area contributed by atoms with Gasteiger partial charge < -0.3 is 20.4 Å². The first-order valence-corrected chi connectivity index (χ1v) is 16.8. The van der Waals surface area contributed by atoms with Crippen LogP contribution in [0.3, 0.4) is 0 Å². The third kappa shape index (κ3) is 6.59. The van der Waals surface area contributed by atoms with Crippen molar-refractivity contribution in [1.82, 2.24) is 0 Å². The van der Waals surface area contributed by atoms with Crippen LogP contribution in [0, 0.1) is 30.1 Å². The summed E-state index contributed by atoms with van der Waals surface area (Å²) in [6, 6.07) is 6.92. The van der Waals surface area contributed by atoms with Crippen molar-refractivity contribution in [1.29, 1.82) is 0 Å². The summed E-state index contributed by atoms with van der Waals surface area (Å²) in [4.78, 5) is 0.260. The van der Waals surface area contributed by atoms with E-state index in [1.165, 1.54) is 19.4 Å².